The summed E-state index contributed by atoms with van der Waals surface area (Å²) in [7, 11) is 0. The molecule has 0 bridgehead atoms. The van der Waals surface area contributed by atoms with Crippen molar-refractivity contribution in [3.8, 4) is 10.6 Å². The molecular weight excluding hydrogens is 428 g/mol. The Morgan fingerprint density at radius 2 is 2.03 bits per heavy atom. The Labute approximate surface area is 190 Å². The third-order valence-corrected chi connectivity index (χ3v) is 6.83. The maximum atomic E-state index is 12.8. The first kappa shape index (κ1) is 22.4. The van der Waals surface area contributed by atoms with Crippen molar-refractivity contribution >= 4 is 34.3 Å². The number of carbonyl (C=O) groups is 2. The number of H-pyrrole nitrogens is 1. The van der Waals surface area contributed by atoms with Crippen LogP contribution in [0.2, 0.25) is 0 Å². The summed E-state index contributed by atoms with van der Waals surface area (Å²) in [6.07, 6.45) is 4.88. The highest BCUT2D eigenvalue weighted by atomic mass is 32.1. The van der Waals surface area contributed by atoms with E-state index in [9.17, 15) is 9.59 Å². The summed E-state index contributed by atoms with van der Waals surface area (Å²) in [6.45, 7) is 6.92. The highest BCUT2D eigenvalue weighted by Gasteiger charge is 2.25. The molecule has 170 valence electrons. The van der Waals surface area contributed by atoms with Crippen molar-refractivity contribution in [2.45, 2.75) is 51.2 Å². The van der Waals surface area contributed by atoms with Crippen LogP contribution in [0.1, 0.15) is 53.6 Å². The molecule has 10 heteroatoms. The molecule has 0 saturated carbocycles. The second kappa shape index (κ2) is 8.97. The molecular formula is C22H28N6O3S. The number of thiophene rings is 1. The highest BCUT2D eigenvalue weighted by Crippen LogP contribution is 2.28. The van der Waals surface area contributed by atoms with Gasteiger partial charge in [-0.25, -0.2) is 9.97 Å². The molecule has 3 aromatic rings. The van der Waals surface area contributed by atoms with Crippen molar-refractivity contribution < 1.29 is 14.3 Å². The van der Waals surface area contributed by atoms with Gasteiger partial charge < -0.3 is 26.1 Å². The van der Waals surface area contributed by atoms with E-state index in [4.69, 9.17) is 10.5 Å². The zero-order valence-corrected chi connectivity index (χ0v) is 19.2. The van der Waals surface area contributed by atoms with Crippen molar-refractivity contribution in [3.63, 3.8) is 0 Å². The molecule has 1 fully saturated rings. The Morgan fingerprint density at radius 1 is 1.28 bits per heavy atom. The predicted molar refractivity (Wildman–Crippen MR) is 124 cm³/mol. The van der Waals surface area contributed by atoms with Gasteiger partial charge >= 0.3 is 0 Å². The van der Waals surface area contributed by atoms with Crippen LogP contribution in [0.15, 0.2) is 24.5 Å². The van der Waals surface area contributed by atoms with Gasteiger partial charge in [0.2, 0.25) is 0 Å². The average molecular weight is 457 g/mol. The summed E-state index contributed by atoms with van der Waals surface area (Å²) in [5.41, 5.74) is 7.54. The van der Waals surface area contributed by atoms with Crippen LogP contribution in [0, 0.1) is 0 Å². The molecule has 0 aromatic carbocycles. The van der Waals surface area contributed by atoms with E-state index >= 15 is 0 Å². The monoisotopic (exact) mass is 456 g/mol. The van der Waals surface area contributed by atoms with Gasteiger partial charge in [-0.3, -0.25) is 9.59 Å². The van der Waals surface area contributed by atoms with Crippen LogP contribution in [0.25, 0.3) is 21.7 Å². The Balaban J connectivity index is 1.53. The lowest BCUT2D eigenvalue weighted by Crippen LogP contribution is -2.52. The second-order valence-corrected chi connectivity index (χ2v) is 9.78. The number of fused-ring (bicyclic) bond motifs is 1. The third kappa shape index (κ3) is 4.82. The zero-order chi connectivity index (χ0) is 22.9. The number of hydrogen-bond acceptors (Lipinski definition) is 7. The van der Waals surface area contributed by atoms with Crippen LogP contribution < -0.4 is 16.4 Å². The molecule has 5 N–H and O–H groups in total. The van der Waals surface area contributed by atoms with Gasteiger partial charge in [0.15, 0.2) is 5.65 Å². The Bertz CT molecular complexity index is 1130. The minimum Gasteiger partial charge on any atom is -0.381 e. The fraction of sp³-hybridized carbons (Fsp3) is 0.455. The fourth-order valence-electron chi connectivity index (χ4n) is 3.34. The molecule has 1 aliphatic rings. The third-order valence-electron chi connectivity index (χ3n) is 5.73. The van der Waals surface area contributed by atoms with Gasteiger partial charge in [-0.2, -0.15) is 0 Å². The summed E-state index contributed by atoms with van der Waals surface area (Å²) in [5, 5.41) is 5.99. The molecule has 3 aromatic heterocycles. The maximum Gasteiger partial charge on any atom is 0.261 e. The molecule has 0 unspecified atom stereocenters. The summed E-state index contributed by atoms with van der Waals surface area (Å²) in [4.78, 5) is 38.9. The molecule has 0 spiro atoms. The maximum absolute atomic E-state index is 12.8. The van der Waals surface area contributed by atoms with E-state index in [2.05, 4.69) is 25.6 Å². The number of hydrogen-bond donors (Lipinski definition) is 4. The highest BCUT2D eigenvalue weighted by molar-refractivity contribution is 7.17. The number of nitrogens with two attached hydrogens (primary N) is 1. The van der Waals surface area contributed by atoms with Crippen molar-refractivity contribution in [3.05, 3.63) is 35.0 Å². The van der Waals surface area contributed by atoms with E-state index < -0.39 is 5.54 Å². The number of carbonyl (C=O) groups excluding carboxylic acids is 2. The van der Waals surface area contributed by atoms with Crippen LogP contribution in [0.5, 0.6) is 0 Å². The van der Waals surface area contributed by atoms with E-state index in [0.717, 1.165) is 17.7 Å². The number of aromatic amines is 1. The van der Waals surface area contributed by atoms with Gasteiger partial charge in [0.05, 0.1) is 27.2 Å². The first-order chi connectivity index (χ1) is 15.2. The molecule has 0 radical (unpaired) electrons. The summed E-state index contributed by atoms with van der Waals surface area (Å²) in [6, 6.07) is 3.55. The van der Waals surface area contributed by atoms with E-state index in [1.54, 1.807) is 18.5 Å². The van der Waals surface area contributed by atoms with Crippen molar-refractivity contribution in [2.24, 2.45) is 5.73 Å². The molecule has 1 aliphatic heterocycles. The molecule has 4 rings (SSSR count). The minimum atomic E-state index is -0.558. The molecule has 32 heavy (non-hydrogen) atoms. The Kier molecular flexibility index (Phi) is 6.27. The number of ether oxygens (including phenoxy) is 1. The topological polar surface area (TPSA) is 135 Å². The van der Waals surface area contributed by atoms with Crippen LogP contribution in [0.3, 0.4) is 0 Å². The van der Waals surface area contributed by atoms with Gasteiger partial charge in [0.1, 0.15) is 5.52 Å². The zero-order valence-electron chi connectivity index (χ0n) is 18.4. The standard InChI is InChI=1S/C22H28N6O3S/c1-12(22(2,3)23)26-20(29)14-10-24-19-18(14)28-15(11-25-19)16-4-5-17(32-16)21(30)27-13-6-8-31-9-7-13/h4-5,10-13H,6-9,23H2,1-3H3,(H,24,25)(H,26,29)(H,27,30)/t12-/m0/s1. The lowest BCUT2D eigenvalue weighted by molar-refractivity contribution is 0.0698. The molecule has 0 aliphatic carbocycles. The average Bonchev–Trinajstić information content (AvgIpc) is 3.41. The SMILES string of the molecule is C[C@H](NC(=O)c1c[nH]c2ncc(-c3ccc(C(=O)NC4CCOCC4)s3)nc12)C(C)(C)N. The number of aromatic nitrogens is 3. The summed E-state index contributed by atoms with van der Waals surface area (Å²) >= 11 is 1.35. The quantitative estimate of drug-likeness (QED) is 0.450. The molecule has 1 saturated heterocycles. The number of amides is 2. The van der Waals surface area contributed by atoms with Gasteiger partial charge in [-0.15, -0.1) is 11.3 Å². The molecule has 4 heterocycles. The Hall–Kier alpha value is -2.82. The van der Waals surface area contributed by atoms with Gasteiger partial charge in [-0.1, -0.05) is 0 Å². The summed E-state index contributed by atoms with van der Waals surface area (Å²) < 4.78 is 5.34. The van der Waals surface area contributed by atoms with Crippen molar-refractivity contribution in [2.75, 3.05) is 13.2 Å². The van der Waals surface area contributed by atoms with Crippen LogP contribution in [0.4, 0.5) is 0 Å². The predicted octanol–water partition coefficient (Wildman–Crippen LogP) is 2.45. The lowest BCUT2D eigenvalue weighted by Gasteiger charge is -2.27. The second-order valence-electron chi connectivity index (χ2n) is 8.70. The Morgan fingerprint density at radius 3 is 2.75 bits per heavy atom. The number of nitrogens with one attached hydrogen (secondary N) is 3. The first-order valence-corrected chi connectivity index (χ1v) is 11.5. The van der Waals surface area contributed by atoms with E-state index in [0.29, 0.717) is 40.5 Å². The largest absolute Gasteiger partial charge is 0.381 e. The van der Waals surface area contributed by atoms with E-state index in [1.807, 2.05) is 26.8 Å². The van der Waals surface area contributed by atoms with Crippen LogP contribution >= 0.6 is 11.3 Å². The van der Waals surface area contributed by atoms with E-state index in [1.165, 1.54) is 11.3 Å². The minimum absolute atomic E-state index is 0.0951. The fourth-order valence-corrected chi connectivity index (χ4v) is 4.20. The van der Waals surface area contributed by atoms with Crippen molar-refractivity contribution in [1.29, 1.82) is 0 Å². The number of nitrogens with zero attached hydrogens (tertiary/aromatic N) is 2. The smallest absolute Gasteiger partial charge is 0.261 e. The normalized spacial score (nSPS) is 16.1. The molecule has 2 amide bonds. The van der Waals surface area contributed by atoms with Gasteiger partial charge in [-0.05, 0) is 45.7 Å². The van der Waals surface area contributed by atoms with Crippen LogP contribution in [-0.2, 0) is 4.74 Å². The van der Waals surface area contributed by atoms with E-state index in [-0.39, 0.29) is 23.9 Å². The van der Waals surface area contributed by atoms with Crippen molar-refractivity contribution in [1.82, 2.24) is 25.6 Å². The first-order valence-electron chi connectivity index (χ1n) is 10.6. The number of rotatable bonds is 6. The van der Waals surface area contributed by atoms with Gasteiger partial charge in [0.25, 0.3) is 11.8 Å². The molecule has 9 nitrogen and oxygen atoms in total. The lowest BCUT2D eigenvalue weighted by atomic mass is 9.97. The molecule has 1 atom stereocenters. The van der Waals surface area contributed by atoms with Gasteiger partial charge in [0, 0.05) is 37.0 Å². The van der Waals surface area contributed by atoms with Crippen LogP contribution in [-0.4, -0.2) is 57.6 Å². The summed E-state index contributed by atoms with van der Waals surface area (Å²) in [5.74, 6) is -0.362.